The van der Waals surface area contributed by atoms with E-state index >= 15 is 0 Å². The Morgan fingerprint density at radius 2 is 1.68 bits per heavy atom. The van der Waals surface area contributed by atoms with Crippen LogP contribution in [0.1, 0.15) is 27.9 Å². The third-order valence-corrected chi connectivity index (χ3v) is 7.48. The molecule has 0 aliphatic carbocycles. The predicted octanol–water partition coefficient (Wildman–Crippen LogP) is 6.29. The number of hydrogen-bond acceptors (Lipinski definition) is 4. The number of hydrogen-bond donors (Lipinski definition) is 1. The maximum atomic E-state index is 13.2. The molecular formula is C30H27N3O3S. The molecule has 3 aromatic carbocycles. The molecule has 1 aliphatic heterocycles. The molecule has 1 fully saturated rings. The molecule has 1 saturated heterocycles. The maximum absolute atomic E-state index is 13.2. The average Bonchev–Trinajstić information content (AvgIpc) is 3.29. The highest BCUT2D eigenvalue weighted by atomic mass is 32.2. The van der Waals surface area contributed by atoms with Crippen LogP contribution in [0.4, 0.5) is 10.5 Å². The first-order valence-corrected chi connectivity index (χ1v) is 12.9. The zero-order valence-electron chi connectivity index (χ0n) is 20.9. The van der Waals surface area contributed by atoms with Gasteiger partial charge in [0.1, 0.15) is 6.54 Å². The van der Waals surface area contributed by atoms with E-state index < -0.39 is 17.1 Å². The molecule has 7 heteroatoms. The molecular weight excluding hydrogens is 482 g/mol. The van der Waals surface area contributed by atoms with Crippen molar-refractivity contribution in [1.82, 2.24) is 9.47 Å². The van der Waals surface area contributed by atoms with Gasteiger partial charge >= 0.3 is 0 Å². The fourth-order valence-electron chi connectivity index (χ4n) is 4.66. The molecule has 0 unspecified atom stereocenters. The Morgan fingerprint density at radius 3 is 2.43 bits per heavy atom. The van der Waals surface area contributed by atoms with E-state index in [1.165, 1.54) is 5.56 Å². The van der Waals surface area contributed by atoms with Crippen molar-refractivity contribution in [2.24, 2.45) is 0 Å². The number of anilines is 1. The van der Waals surface area contributed by atoms with Crippen LogP contribution < -0.4 is 5.32 Å². The third kappa shape index (κ3) is 4.95. The van der Waals surface area contributed by atoms with E-state index in [4.69, 9.17) is 0 Å². The van der Waals surface area contributed by atoms with E-state index in [0.717, 1.165) is 49.9 Å². The van der Waals surface area contributed by atoms with E-state index in [-0.39, 0.29) is 6.54 Å². The van der Waals surface area contributed by atoms with Crippen LogP contribution in [0.3, 0.4) is 0 Å². The van der Waals surface area contributed by atoms with Gasteiger partial charge < -0.3 is 9.88 Å². The molecule has 0 bridgehead atoms. The second kappa shape index (κ2) is 10.1. The summed E-state index contributed by atoms with van der Waals surface area (Å²) < 4.78 is 2.22. The zero-order chi connectivity index (χ0) is 26.1. The van der Waals surface area contributed by atoms with Crippen LogP contribution in [0.15, 0.2) is 77.7 Å². The van der Waals surface area contributed by atoms with Gasteiger partial charge in [0.2, 0.25) is 5.91 Å². The van der Waals surface area contributed by atoms with Crippen LogP contribution in [0.5, 0.6) is 0 Å². The van der Waals surface area contributed by atoms with Crippen molar-refractivity contribution in [2.75, 3.05) is 11.9 Å². The lowest BCUT2D eigenvalue weighted by Crippen LogP contribution is -2.36. The summed E-state index contributed by atoms with van der Waals surface area (Å²) >= 11 is 0.870. The number of aromatic nitrogens is 1. The van der Waals surface area contributed by atoms with Gasteiger partial charge in [-0.3, -0.25) is 19.3 Å². The summed E-state index contributed by atoms with van der Waals surface area (Å²) in [5, 5.41) is 3.38. The second-order valence-electron chi connectivity index (χ2n) is 9.22. The number of para-hydroxylation sites is 1. The highest BCUT2D eigenvalue weighted by molar-refractivity contribution is 8.18. The summed E-state index contributed by atoms with van der Waals surface area (Å²) in [5.41, 5.74) is 6.81. The molecule has 5 rings (SSSR count). The van der Waals surface area contributed by atoms with Gasteiger partial charge in [-0.25, -0.2) is 0 Å². The van der Waals surface area contributed by atoms with Crippen molar-refractivity contribution >= 4 is 51.5 Å². The molecule has 37 heavy (non-hydrogen) atoms. The Morgan fingerprint density at radius 1 is 0.946 bits per heavy atom. The third-order valence-electron chi connectivity index (χ3n) is 6.57. The minimum absolute atomic E-state index is 0.315. The summed E-state index contributed by atoms with van der Waals surface area (Å²) in [6.07, 6.45) is 1.78. The predicted molar refractivity (Wildman–Crippen MR) is 149 cm³/mol. The molecule has 1 aliphatic rings. The number of carbonyl (C=O) groups excluding carboxylic acids is 3. The number of fused-ring (bicyclic) bond motifs is 1. The number of nitrogens with one attached hydrogen (secondary N) is 1. The average molecular weight is 510 g/mol. The van der Waals surface area contributed by atoms with Crippen LogP contribution >= 0.6 is 11.8 Å². The maximum Gasteiger partial charge on any atom is 0.294 e. The van der Waals surface area contributed by atoms with E-state index in [9.17, 15) is 14.4 Å². The number of rotatable bonds is 6. The summed E-state index contributed by atoms with van der Waals surface area (Å²) in [6, 6.07) is 23.9. The largest absolute Gasteiger partial charge is 0.340 e. The Labute approximate surface area is 220 Å². The fraction of sp³-hybridized carbons (Fsp3) is 0.167. The molecule has 0 saturated carbocycles. The van der Waals surface area contributed by atoms with Gasteiger partial charge in [-0.05, 0) is 61.9 Å². The van der Waals surface area contributed by atoms with Crippen molar-refractivity contribution < 1.29 is 14.4 Å². The topological polar surface area (TPSA) is 71.4 Å². The number of imide groups is 1. The van der Waals surface area contributed by atoms with Crippen molar-refractivity contribution in [1.29, 1.82) is 0 Å². The van der Waals surface area contributed by atoms with Crippen molar-refractivity contribution in [3.05, 3.63) is 106 Å². The normalized spacial score (nSPS) is 14.7. The van der Waals surface area contributed by atoms with Crippen LogP contribution in [0.2, 0.25) is 0 Å². The first kappa shape index (κ1) is 24.6. The number of benzene rings is 3. The first-order valence-electron chi connectivity index (χ1n) is 12.1. The standard InChI is InChI=1S/C30H27N3O3S/c1-19-13-14-25(20(2)15-19)31-28(34)18-33-29(35)27(37-30(33)36)16-24-21(3)32(17-22-9-5-4-6-10-22)26-12-8-7-11-23(24)26/h4-16H,17-18H2,1-3H3,(H,31,34)/b27-16-. The Balaban J connectivity index is 1.40. The van der Waals surface area contributed by atoms with Gasteiger partial charge in [0.25, 0.3) is 11.1 Å². The molecule has 0 atom stereocenters. The second-order valence-corrected chi connectivity index (χ2v) is 10.2. The number of carbonyl (C=O) groups is 3. The monoisotopic (exact) mass is 509 g/mol. The summed E-state index contributed by atoms with van der Waals surface area (Å²) in [4.78, 5) is 39.9. The molecule has 0 spiro atoms. The quantitative estimate of drug-likeness (QED) is 0.310. The molecule has 1 N–H and O–H groups in total. The van der Waals surface area contributed by atoms with Gasteiger partial charge in [-0.15, -0.1) is 0 Å². The molecule has 0 radical (unpaired) electrons. The smallest absolute Gasteiger partial charge is 0.294 e. The molecule has 186 valence electrons. The zero-order valence-corrected chi connectivity index (χ0v) is 21.8. The Kier molecular flexibility index (Phi) is 6.72. The minimum atomic E-state index is -0.454. The lowest BCUT2D eigenvalue weighted by molar-refractivity contribution is -0.127. The number of aryl methyl sites for hydroxylation is 2. The Hall–Kier alpha value is -4.10. The minimum Gasteiger partial charge on any atom is -0.340 e. The van der Waals surface area contributed by atoms with Crippen molar-refractivity contribution in [2.45, 2.75) is 27.3 Å². The number of amides is 3. The van der Waals surface area contributed by atoms with Gasteiger partial charge in [-0.1, -0.05) is 66.2 Å². The first-order chi connectivity index (χ1) is 17.8. The van der Waals surface area contributed by atoms with Crippen molar-refractivity contribution in [3.8, 4) is 0 Å². The highest BCUT2D eigenvalue weighted by Gasteiger charge is 2.36. The summed E-state index contributed by atoms with van der Waals surface area (Å²) in [5.74, 6) is -0.865. The lowest BCUT2D eigenvalue weighted by atomic mass is 10.1. The van der Waals surface area contributed by atoms with Gasteiger partial charge in [0.05, 0.1) is 4.91 Å². The van der Waals surface area contributed by atoms with Crippen molar-refractivity contribution in [3.63, 3.8) is 0 Å². The van der Waals surface area contributed by atoms with E-state index in [1.807, 2.05) is 75.4 Å². The van der Waals surface area contributed by atoms with E-state index in [2.05, 4.69) is 28.1 Å². The molecule has 3 amide bonds. The lowest BCUT2D eigenvalue weighted by Gasteiger charge is -2.14. The van der Waals surface area contributed by atoms with Gasteiger partial charge in [0.15, 0.2) is 0 Å². The summed E-state index contributed by atoms with van der Waals surface area (Å²) in [6.45, 7) is 6.27. The van der Waals surface area contributed by atoms with Gasteiger partial charge in [-0.2, -0.15) is 0 Å². The Bertz CT molecular complexity index is 1570. The van der Waals surface area contributed by atoms with Gasteiger partial charge in [0, 0.05) is 34.4 Å². The van der Waals surface area contributed by atoms with E-state index in [0.29, 0.717) is 17.1 Å². The van der Waals surface area contributed by atoms with Crippen LogP contribution in [-0.2, 0) is 16.1 Å². The van der Waals surface area contributed by atoms with Crippen LogP contribution in [-0.4, -0.2) is 33.1 Å². The fourth-order valence-corrected chi connectivity index (χ4v) is 5.48. The number of nitrogens with zero attached hydrogens (tertiary/aromatic N) is 2. The SMILES string of the molecule is Cc1ccc(NC(=O)CN2C(=O)S/C(=C\c3c(C)n(Cc4ccccc4)c4ccccc34)C2=O)c(C)c1. The van der Waals surface area contributed by atoms with Crippen LogP contribution in [0, 0.1) is 20.8 Å². The highest BCUT2D eigenvalue weighted by Crippen LogP contribution is 2.36. The molecule has 1 aromatic heterocycles. The number of thioether (sulfide) groups is 1. The molecule has 4 aromatic rings. The molecule has 2 heterocycles. The summed E-state index contributed by atoms with van der Waals surface area (Å²) in [7, 11) is 0. The van der Waals surface area contributed by atoms with Crippen LogP contribution in [0.25, 0.3) is 17.0 Å². The van der Waals surface area contributed by atoms with E-state index in [1.54, 1.807) is 6.08 Å². The molecule has 6 nitrogen and oxygen atoms in total.